The second-order valence-electron chi connectivity index (χ2n) is 6.28. The van der Waals surface area contributed by atoms with Crippen molar-refractivity contribution < 1.29 is 23.7 Å². The molecule has 1 unspecified atom stereocenters. The average molecular weight is 330 g/mol. The van der Waals surface area contributed by atoms with Gasteiger partial charge >= 0.3 is 0 Å². The lowest BCUT2D eigenvalue weighted by molar-refractivity contribution is -0.203. The maximum Gasteiger partial charge on any atom is 0.203 e. The number of ether oxygens (including phenoxy) is 5. The van der Waals surface area contributed by atoms with Crippen molar-refractivity contribution in [1.82, 2.24) is 0 Å². The summed E-state index contributed by atoms with van der Waals surface area (Å²) in [7, 11) is 3.37. The van der Waals surface area contributed by atoms with Crippen molar-refractivity contribution in [3.63, 3.8) is 0 Å². The maximum absolute atomic E-state index is 6.34. The van der Waals surface area contributed by atoms with Gasteiger partial charge in [0.25, 0.3) is 0 Å². The fourth-order valence-electron chi connectivity index (χ4n) is 3.75. The first kappa shape index (κ1) is 15.5. The zero-order valence-electron chi connectivity index (χ0n) is 14.3. The minimum Gasteiger partial charge on any atom is -0.496 e. The van der Waals surface area contributed by atoms with Gasteiger partial charge < -0.3 is 23.7 Å². The van der Waals surface area contributed by atoms with Gasteiger partial charge in [-0.2, -0.15) is 0 Å². The van der Waals surface area contributed by atoms with Crippen LogP contribution >= 0.6 is 0 Å². The van der Waals surface area contributed by atoms with Gasteiger partial charge in [-0.25, -0.2) is 0 Å². The van der Waals surface area contributed by atoms with Gasteiger partial charge in [0.15, 0.2) is 17.6 Å². The van der Waals surface area contributed by atoms with Crippen LogP contribution in [0, 0.1) is 0 Å². The van der Waals surface area contributed by atoms with Gasteiger partial charge in [-0.1, -0.05) is 24.3 Å². The first-order valence-corrected chi connectivity index (χ1v) is 8.28. The summed E-state index contributed by atoms with van der Waals surface area (Å²) in [5.74, 6) is 1.64. The highest BCUT2D eigenvalue weighted by atomic mass is 16.8. The highest BCUT2D eigenvalue weighted by molar-refractivity contribution is 5.97. The Balaban J connectivity index is 1.86. The predicted molar refractivity (Wildman–Crippen MR) is 90.1 cm³/mol. The van der Waals surface area contributed by atoms with E-state index in [2.05, 4.69) is 0 Å². The molecule has 5 nitrogen and oxygen atoms in total. The van der Waals surface area contributed by atoms with Crippen LogP contribution in [0.4, 0.5) is 0 Å². The number of hydrogen-bond acceptors (Lipinski definition) is 5. The summed E-state index contributed by atoms with van der Waals surface area (Å²) < 4.78 is 29.3. The lowest BCUT2D eigenvalue weighted by Gasteiger charge is -2.37. The summed E-state index contributed by atoms with van der Waals surface area (Å²) in [6, 6.07) is 8.06. The van der Waals surface area contributed by atoms with Crippen LogP contribution in [0.5, 0.6) is 17.2 Å². The zero-order chi connectivity index (χ0) is 16.7. The summed E-state index contributed by atoms with van der Waals surface area (Å²) in [4.78, 5) is 0. The first-order valence-electron chi connectivity index (χ1n) is 8.28. The molecule has 0 N–H and O–H groups in total. The molecule has 4 rings (SSSR count). The third-order valence-electron chi connectivity index (χ3n) is 4.94. The molecule has 2 aromatic rings. The second-order valence-corrected chi connectivity index (χ2v) is 6.28. The monoisotopic (exact) mass is 330 g/mol. The summed E-state index contributed by atoms with van der Waals surface area (Å²) in [5.41, 5.74) is 1.05. The van der Waals surface area contributed by atoms with Crippen molar-refractivity contribution in [3.8, 4) is 17.2 Å². The van der Waals surface area contributed by atoms with Crippen LogP contribution < -0.4 is 14.2 Å². The van der Waals surface area contributed by atoms with E-state index in [0.29, 0.717) is 13.2 Å². The van der Waals surface area contributed by atoms with Crippen LogP contribution in [0.25, 0.3) is 10.8 Å². The van der Waals surface area contributed by atoms with Crippen molar-refractivity contribution in [2.45, 2.75) is 31.7 Å². The normalized spacial score (nSPS) is 22.0. The van der Waals surface area contributed by atoms with E-state index in [1.54, 1.807) is 14.2 Å². The predicted octanol–water partition coefficient (Wildman–Crippen LogP) is 3.31. The molecular weight excluding hydrogens is 308 g/mol. The van der Waals surface area contributed by atoms with Crippen LogP contribution in [0.2, 0.25) is 0 Å². The molecule has 0 aromatic heterocycles. The Morgan fingerprint density at radius 2 is 1.62 bits per heavy atom. The molecule has 2 heterocycles. The minimum atomic E-state index is -0.707. The smallest absolute Gasteiger partial charge is 0.203 e. The average Bonchev–Trinajstić information content (AvgIpc) is 3.07. The summed E-state index contributed by atoms with van der Waals surface area (Å²) in [6.45, 7) is 3.14. The molecule has 0 saturated carbocycles. The third kappa shape index (κ3) is 2.23. The molecule has 128 valence electrons. The van der Waals surface area contributed by atoms with E-state index < -0.39 is 5.79 Å². The molecule has 1 atom stereocenters. The standard InChI is InChI=1S/C19H22O5/c1-19(22-10-11-23-19)15-9-8-14-16(20-2)12-6-4-5-7-13(12)17(21-3)18(14)24-15/h4-7,15H,8-11H2,1-3H3. The molecular formula is C19H22O5. The SMILES string of the molecule is COc1c2c(c(OC)c3ccccc13)OC(C1(C)OCCO1)CC2. The Labute approximate surface area is 141 Å². The fraction of sp³-hybridized carbons (Fsp3) is 0.474. The number of fused-ring (bicyclic) bond motifs is 2. The highest BCUT2D eigenvalue weighted by Crippen LogP contribution is 2.50. The van der Waals surface area contributed by atoms with E-state index in [9.17, 15) is 0 Å². The third-order valence-corrected chi connectivity index (χ3v) is 4.94. The molecule has 0 amide bonds. The number of hydrogen-bond donors (Lipinski definition) is 0. The highest BCUT2D eigenvalue weighted by Gasteiger charge is 2.44. The second kappa shape index (κ2) is 5.83. The lowest BCUT2D eigenvalue weighted by Crippen LogP contribution is -2.46. The van der Waals surface area contributed by atoms with Crippen LogP contribution in [-0.4, -0.2) is 39.3 Å². The molecule has 0 bridgehead atoms. The van der Waals surface area contributed by atoms with Gasteiger partial charge in [-0.15, -0.1) is 0 Å². The van der Waals surface area contributed by atoms with Gasteiger partial charge in [0, 0.05) is 16.3 Å². The molecule has 1 saturated heterocycles. The van der Waals surface area contributed by atoms with Gasteiger partial charge in [0.1, 0.15) is 5.75 Å². The lowest BCUT2D eigenvalue weighted by atomic mass is 9.93. The molecule has 0 radical (unpaired) electrons. The van der Waals surface area contributed by atoms with Crippen molar-refractivity contribution in [3.05, 3.63) is 29.8 Å². The Bertz CT molecular complexity index is 764. The Kier molecular flexibility index (Phi) is 3.77. The van der Waals surface area contributed by atoms with Gasteiger partial charge in [-0.3, -0.25) is 0 Å². The molecule has 5 heteroatoms. The van der Waals surface area contributed by atoms with Gasteiger partial charge in [0.05, 0.1) is 27.4 Å². The summed E-state index contributed by atoms with van der Waals surface area (Å²) >= 11 is 0. The van der Waals surface area contributed by atoms with E-state index >= 15 is 0 Å². The number of methoxy groups -OCH3 is 2. The van der Waals surface area contributed by atoms with Crippen molar-refractivity contribution in [2.24, 2.45) is 0 Å². The summed E-state index contributed by atoms with van der Waals surface area (Å²) in [6.07, 6.45) is 1.46. The van der Waals surface area contributed by atoms with Crippen molar-refractivity contribution in [1.29, 1.82) is 0 Å². The largest absolute Gasteiger partial charge is 0.496 e. The molecule has 24 heavy (non-hydrogen) atoms. The molecule has 0 spiro atoms. The molecule has 1 fully saturated rings. The number of rotatable bonds is 3. The quantitative estimate of drug-likeness (QED) is 0.864. The van der Waals surface area contributed by atoms with Gasteiger partial charge in [-0.05, 0) is 19.8 Å². The van der Waals surface area contributed by atoms with E-state index in [0.717, 1.165) is 46.4 Å². The van der Waals surface area contributed by atoms with E-state index in [4.69, 9.17) is 23.7 Å². The topological polar surface area (TPSA) is 46.2 Å². The van der Waals surface area contributed by atoms with Crippen LogP contribution in [0.1, 0.15) is 18.9 Å². The maximum atomic E-state index is 6.34. The Morgan fingerprint density at radius 1 is 1.00 bits per heavy atom. The zero-order valence-corrected chi connectivity index (χ0v) is 14.3. The fourth-order valence-corrected chi connectivity index (χ4v) is 3.75. The Morgan fingerprint density at radius 3 is 2.25 bits per heavy atom. The van der Waals surface area contributed by atoms with Crippen molar-refractivity contribution in [2.75, 3.05) is 27.4 Å². The number of benzene rings is 2. The van der Waals surface area contributed by atoms with Crippen LogP contribution in [-0.2, 0) is 15.9 Å². The molecule has 2 aromatic carbocycles. The Hall–Kier alpha value is -1.98. The molecule has 0 aliphatic carbocycles. The van der Waals surface area contributed by atoms with Crippen LogP contribution in [0.3, 0.4) is 0 Å². The van der Waals surface area contributed by atoms with Gasteiger partial charge in [0.2, 0.25) is 5.79 Å². The van der Waals surface area contributed by atoms with Crippen LogP contribution in [0.15, 0.2) is 24.3 Å². The first-order chi connectivity index (χ1) is 11.7. The summed E-state index contributed by atoms with van der Waals surface area (Å²) in [5, 5.41) is 2.02. The van der Waals surface area contributed by atoms with E-state index in [-0.39, 0.29) is 6.10 Å². The van der Waals surface area contributed by atoms with Crippen molar-refractivity contribution >= 4 is 10.8 Å². The van der Waals surface area contributed by atoms with E-state index in [1.807, 2.05) is 31.2 Å². The minimum absolute atomic E-state index is 0.174. The molecule has 2 aliphatic rings. The van der Waals surface area contributed by atoms with E-state index in [1.165, 1.54) is 0 Å². The molecule has 2 aliphatic heterocycles.